The fourth-order valence-electron chi connectivity index (χ4n) is 2.98. The fourth-order valence-corrected chi connectivity index (χ4v) is 3.68. The van der Waals surface area contributed by atoms with Gasteiger partial charge in [0.15, 0.2) is 0 Å². The minimum atomic E-state index is 0.121. The Hall–Kier alpha value is -2.59. The zero-order chi connectivity index (χ0) is 17.8. The molecule has 0 N–H and O–H groups in total. The molecule has 1 heterocycles. The first-order valence-electron chi connectivity index (χ1n) is 8.96. The van der Waals surface area contributed by atoms with Crippen molar-refractivity contribution in [1.29, 1.82) is 0 Å². The molecule has 4 heteroatoms. The highest BCUT2D eigenvalue weighted by atomic mass is 32.1. The van der Waals surface area contributed by atoms with Crippen molar-refractivity contribution in [2.75, 3.05) is 6.54 Å². The van der Waals surface area contributed by atoms with Crippen LogP contribution in [-0.2, 0) is 6.42 Å². The number of hydrogen-bond donors (Lipinski definition) is 0. The Balaban J connectivity index is 1.42. The van der Waals surface area contributed by atoms with Crippen molar-refractivity contribution < 1.29 is 9.53 Å². The highest BCUT2D eigenvalue weighted by molar-refractivity contribution is 7.09. The Morgan fingerprint density at radius 1 is 0.962 bits per heavy atom. The molecule has 132 valence electrons. The predicted octanol–water partition coefficient (Wildman–Crippen LogP) is 5.39. The molecule has 1 aromatic heterocycles. The van der Waals surface area contributed by atoms with Crippen molar-refractivity contribution in [2.45, 2.75) is 25.3 Å². The lowest BCUT2D eigenvalue weighted by atomic mass is 10.1. The maximum absolute atomic E-state index is 12.9. The Morgan fingerprint density at radius 3 is 2.35 bits per heavy atom. The predicted molar refractivity (Wildman–Crippen MR) is 105 cm³/mol. The molecule has 0 bridgehead atoms. The number of carbonyl (C=O) groups is 1. The van der Waals surface area contributed by atoms with Gasteiger partial charge in [0.25, 0.3) is 5.91 Å². The average Bonchev–Trinajstić information content (AvgIpc) is 3.38. The van der Waals surface area contributed by atoms with E-state index in [-0.39, 0.29) is 5.91 Å². The lowest BCUT2D eigenvalue weighted by molar-refractivity contribution is 0.0745. The van der Waals surface area contributed by atoms with Crippen LogP contribution in [0.25, 0.3) is 0 Å². The van der Waals surface area contributed by atoms with Gasteiger partial charge in [-0.25, -0.2) is 0 Å². The Bertz CT molecular complexity index is 840. The van der Waals surface area contributed by atoms with Gasteiger partial charge >= 0.3 is 0 Å². The van der Waals surface area contributed by atoms with Crippen LogP contribution in [0, 0.1) is 0 Å². The van der Waals surface area contributed by atoms with E-state index in [1.807, 2.05) is 59.5 Å². The number of para-hydroxylation sites is 1. The van der Waals surface area contributed by atoms with E-state index in [9.17, 15) is 4.79 Å². The van der Waals surface area contributed by atoms with Gasteiger partial charge in [-0.15, -0.1) is 11.3 Å². The van der Waals surface area contributed by atoms with Crippen LogP contribution in [0.15, 0.2) is 72.1 Å². The smallest absolute Gasteiger partial charge is 0.254 e. The van der Waals surface area contributed by atoms with E-state index in [1.54, 1.807) is 11.3 Å². The standard InChI is InChI=1S/C22H21NO2S/c24-22(23(18-10-11-18)15-14-21-7-4-16-26-21)17-8-12-20(13-9-17)25-19-5-2-1-3-6-19/h1-9,12-13,16,18H,10-11,14-15H2. The number of nitrogens with zero attached hydrogens (tertiary/aromatic N) is 1. The quantitative estimate of drug-likeness (QED) is 0.563. The molecule has 0 radical (unpaired) electrons. The molecule has 1 aliphatic carbocycles. The molecular weight excluding hydrogens is 342 g/mol. The van der Waals surface area contributed by atoms with Crippen LogP contribution >= 0.6 is 11.3 Å². The largest absolute Gasteiger partial charge is 0.457 e. The molecule has 1 fully saturated rings. The topological polar surface area (TPSA) is 29.5 Å². The fraction of sp³-hybridized carbons (Fsp3) is 0.227. The molecule has 3 nitrogen and oxygen atoms in total. The number of benzene rings is 2. The number of thiophene rings is 1. The molecule has 3 aromatic rings. The molecule has 1 amide bonds. The molecule has 26 heavy (non-hydrogen) atoms. The third kappa shape index (κ3) is 4.14. The summed E-state index contributed by atoms with van der Waals surface area (Å²) in [5.74, 6) is 1.65. The summed E-state index contributed by atoms with van der Waals surface area (Å²) in [4.78, 5) is 16.3. The van der Waals surface area contributed by atoms with Crippen LogP contribution in [0.3, 0.4) is 0 Å². The normalized spacial score (nSPS) is 13.4. The van der Waals surface area contributed by atoms with Gasteiger partial charge in [0.1, 0.15) is 11.5 Å². The third-order valence-electron chi connectivity index (χ3n) is 4.51. The van der Waals surface area contributed by atoms with Crippen LogP contribution in [-0.4, -0.2) is 23.4 Å². The first-order valence-corrected chi connectivity index (χ1v) is 9.84. The average molecular weight is 363 g/mol. The minimum Gasteiger partial charge on any atom is -0.457 e. The Morgan fingerprint density at radius 2 is 1.69 bits per heavy atom. The number of hydrogen-bond acceptors (Lipinski definition) is 3. The molecule has 1 aliphatic rings. The molecule has 0 aliphatic heterocycles. The number of ether oxygens (including phenoxy) is 1. The van der Waals surface area contributed by atoms with Crippen molar-refractivity contribution in [3.63, 3.8) is 0 Å². The van der Waals surface area contributed by atoms with Crippen LogP contribution in [0.5, 0.6) is 11.5 Å². The Kier molecular flexibility index (Phi) is 5.02. The van der Waals surface area contributed by atoms with Gasteiger partial charge in [0.05, 0.1) is 0 Å². The summed E-state index contributed by atoms with van der Waals surface area (Å²) < 4.78 is 5.81. The van der Waals surface area contributed by atoms with Crippen LogP contribution in [0.1, 0.15) is 28.1 Å². The zero-order valence-corrected chi connectivity index (χ0v) is 15.3. The first-order chi connectivity index (χ1) is 12.8. The molecule has 4 rings (SSSR count). The summed E-state index contributed by atoms with van der Waals surface area (Å²) in [7, 11) is 0. The van der Waals surface area contributed by atoms with E-state index in [2.05, 4.69) is 17.5 Å². The van der Waals surface area contributed by atoms with Crippen LogP contribution in [0.4, 0.5) is 0 Å². The molecule has 0 atom stereocenters. The summed E-state index contributed by atoms with van der Waals surface area (Å²) in [6.45, 7) is 0.784. The van der Waals surface area contributed by atoms with Gasteiger partial charge in [0, 0.05) is 23.0 Å². The number of rotatable bonds is 7. The van der Waals surface area contributed by atoms with E-state index >= 15 is 0 Å². The molecule has 1 saturated carbocycles. The van der Waals surface area contributed by atoms with E-state index in [0.717, 1.165) is 42.9 Å². The van der Waals surface area contributed by atoms with E-state index < -0.39 is 0 Å². The molecular formula is C22H21NO2S. The van der Waals surface area contributed by atoms with Crippen molar-refractivity contribution in [3.05, 3.63) is 82.6 Å². The summed E-state index contributed by atoms with van der Waals surface area (Å²) in [5.41, 5.74) is 0.725. The molecule has 2 aromatic carbocycles. The lowest BCUT2D eigenvalue weighted by Crippen LogP contribution is -2.34. The SMILES string of the molecule is O=C(c1ccc(Oc2ccccc2)cc1)N(CCc1cccs1)C1CC1. The second kappa shape index (κ2) is 7.75. The van der Waals surface area contributed by atoms with Crippen molar-refractivity contribution in [2.24, 2.45) is 0 Å². The highest BCUT2D eigenvalue weighted by Gasteiger charge is 2.32. The van der Waals surface area contributed by atoms with Gasteiger partial charge in [-0.1, -0.05) is 24.3 Å². The molecule has 0 saturated heterocycles. The van der Waals surface area contributed by atoms with Crippen molar-refractivity contribution in [3.8, 4) is 11.5 Å². The van der Waals surface area contributed by atoms with Gasteiger partial charge in [0.2, 0.25) is 0 Å². The highest BCUT2D eigenvalue weighted by Crippen LogP contribution is 2.29. The number of amides is 1. The third-order valence-corrected chi connectivity index (χ3v) is 5.44. The maximum atomic E-state index is 12.9. The van der Waals surface area contributed by atoms with Gasteiger partial charge in [-0.2, -0.15) is 0 Å². The zero-order valence-electron chi connectivity index (χ0n) is 14.5. The van der Waals surface area contributed by atoms with Gasteiger partial charge in [-0.05, 0) is 67.1 Å². The Labute approximate surface area is 157 Å². The van der Waals surface area contributed by atoms with Crippen molar-refractivity contribution >= 4 is 17.2 Å². The van der Waals surface area contributed by atoms with E-state index in [1.165, 1.54) is 4.88 Å². The van der Waals surface area contributed by atoms with E-state index in [4.69, 9.17) is 4.74 Å². The second-order valence-electron chi connectivity index (χ2n) is 6.50. The monoisotopic (exact) mass is 363 g/mol. The van der Waals surface area contributed by atoms with Gasteiger partial charge < -0.3 is 9.64 Å². The number of carbonyl (C=O) groups excluding carboxylic acids is 1. The van der Waals surface area contributed by atoms with Crippen LogP contribution in [0.2, 0.25) is 0 Å². The van der Waals surface area contributed by atoms with Gasteiger partial charge in [-0.3, -0.25) is 4.79 Å². The summed E-state index contributed by atoms with van der Waals surface area (Å²) >= 11 is 1.75. The molecule has 0 unspecified atom stereocenters. The summed E-state index contributed by atoms with van der Waals surface area (Å²) in [6, 6.07) is 21.7. The van der Waals surface area contributed by atoms with E-state index in [0.29, 0.717) is 6.04 Å². The summed E-state index contributed by atoms with van der Waals surface area (Å²) in [5, 5.41) is 2.09. The molecule has 0 spiro atoms. The van der Waals surface area contributed by atoms with Crippen LogP contribution < -0.4 is 4.74 Å². The lowest BCUT2D eigenvalue weighted by Gasteiger charge is -2.22. The first kappa shape index (κ1) is 16.9. The van der Waals surface area contributed by atoms with Crippen molar-refractivity contribution in [1.82, 2.24) is 4.90 Å². The second-order valence-corrected chi connectivity index (χ2v) is 7.53. The maximum Gasteiger partial charge on any atom is 0.254 e. The summed E-state index contributed by atoms with van der Waals surface area (Å²) in [6.07, 6.45) is 3.16. The minimum absolute atomic E-state index is 0.121.